The van der Waals surface area contributed by atoms with Crippen LogP contribution >= 0.6 is 0 Å². The van der Waals surface area contributed by atoms with Gasteiger partial charge in [0.05, 0.1) is 11.0 Å². The smallest absolute Gasteiger partial charge is 0.245 e. The van der Waals surface area contributed by atoms with Crippen molar-refractivity contribution >= 4 is 16.9 Å². The molecule has 0 aliphatic carbocycles. The van der Waals surface area contributed by atoms with Crippen molar-refractivity contribution in [2.75, 3.05) is 13.1 Å². The number of fused-ring (bicyclic) bond motifs is 1. The molecule has 0 spiro atoms. The van der Waals surface area contributed by atoms with Gasteiger partial charge in [0.15, 0.2) is 0 Å². The van der Waals surface area contributed by atoms with Crippen molar-refractivity contribution < 1.29 is 4.79 Å². The summed E-state index contributed by atoms with van der Waals surface area (Å²) in [5, 5.41) is 0. The number of para-hydroxylation sites is 2. The maximum atomic E-state index is 13.2. The van der Waals surface area contributed by atoms with Crippen molar-refractivity contribution in [1.29, 1.82) is 0 Å². The van der Waals surface area contributed by atoms with Gasteiger partial charge in [0, 0.05) is 19.5 Å². The van der Waals surface area contributed by atoms with Gasteiger partial charge in [0.2, 0.25) is 5.91 Å². The standard InChI is InChI=1S/C23H27N3O/c1-17-12-14-25(15-13-17)23(27)18(2)26-21-11-7-6-10-20(21)24-22(26)16-19-8-4-3-5-9-19/h3-11,17-18H,12-16H2,1-2H3/t18-/m0/s1. The Labute approximate surface area is 160 Å². The molecule has 0 saturated carbocycles. The average Bonchev–Trinajstić information content (AvgIpc) is 3.06. The third kappa shape index (κ3) is 3.61. The van der Waals surface area contributed by atoms with Crippen LogP contribution in [0, 0.1) is 5.92 Å². The largest absolute Gasteiger partial charge is 0.341 e. The van der Waals surface area contributed by atoms with E-state index in [1.807, 2.05) is 48.2 Å². The summed E-state index contributed by atoms with van der Waals surface area (Å²) in [6.07, 6.45) is 2.92. The van der Waals surface area contributed by atoms with Crippen LogP contribution in [0.3, 0.4) is 0 Å². The molecule has 1 aromatic heterocycles. The summed E-state index contributed by atoms with van der Waals surface area (Å²) >= 11 is 0. The molecule has 3 aromatic rings. The third-order valence-corrected chi connectivity index (χ3v) is 5.71. The quantitative estimate of drug-likeness (QED) is 0.689. The first-order valence-electron chi connectivity index (χ1n) is 9.92. The number of hydrogen-bond acceptors (Lipinski definition) is 2. The van der Waals surface area contributed by atoms with E-state index >= 15 is 0 Å². The van der Waals surface area contributed by atoms with E-state index in [0.29, 0.717) is 5.92 Å². The van der Waals surface area contributed by atoms with Crippen molar-refractivity contribution in [2.24, 2.45) is 5.92 Å². The summed E-state index contributed by atoms with van der Waals surface area (Å²) in [4.78, 5) is 20.1. The zero-order chi connectivity index (χ0) is 18.8. The lowest BCUT2D eigenvalue weighted by atomic mass is 9.99. The molecule has 27 heavy (non-hydrogen) atoms. The molecule has 0 bridgehead atoms. The summed E-state index contributed by atoms with van der Waals surface area (Å²) in [6, 6.07) is 18.2. The predicted octanol–water partition coefficient (Wildman–Crippen LogP) is 4.45. The molecule has 1 atom stereocenters. The minimum Gasteiger partial charge on any atom is -0.341 e. The molecule has 1 amide bonds. The monoisotopic (exact) mass is 361 g/mol. The number of carbonyl (C=O) groups excluding carboxylic acids is 1. The second-order valence-electron chi connectivity index (χ2n) is 7.73. The van der Waals surface area contributed by atoms with Crippen molar-refractivity contribution in [3.63, 3.8) is 0 Å². The lowest BCUT2D eigenvalue weighted by molar-refractivity contribution is -0.135. The van der Waals surface area contributed by atoms with E-state index in [-0.39, 0.29) is 11.9 Å². The van der Waals surface area contributed by atoms with E-state index in [9.17, 15) is 4.79 Å². The van der Waals surface area contributed by atoms with Crippen LogP contribution < -0.4 is 0 Å². The van der Waals surface area contributed by atoms with E-state index in [0.717, 1.165) is 49.2 Å². The van der Waals surface area contributed by atoms with E-state index in [1.54, 1.807) is 0 Å². The molecule has 1 aliphatic heterocycles. The number of amides is 1. The fourth-order valence-electron chi connectivity index (χ4n) is 4.03. The van der Waals surface area contributed by atoms with Gasteiger partial charge in [-0.2, -0.15) is 0 Å². The Balaban J connectivity index is 1.68. The maximum Gasteiger partial charge on any atom is 0.245 e. The lowest BCUT2D eigenvalue weighted by Gasteiger charge is -2.33. The predicted molar refractivity (Wildman–Crippen MR) is 109 cm³/mol. The van der Waals surface area contributed by atoms with Crippen LogP contribution in [0.15, 0.2) is 54.6 Å². The highest BCUT2D eigenvalue weighted by molar-refractivity contribution is 5.84. The molecule has 2 aromatic carbocycles. The molecule has 0 unspecified atom stereocenters. The summed E-state index contributed by atoms with van der Waals surface area (Å²) in [7, 11) is 0. The minimum atomic E-state index is -0.246. The molecule has 1 saturated heterocycles. The molecule has 1 aliphatic rings. The number of hydrogen-bond donors (Lipinski definition) is 0. The fraction of sp³-hybridized carbons (Fsp3) is 0.391. The molecule has 0 radical (unpaired) electrons. The van der Waals surface area contributed by atoms with Gasteiger partial charge >= 0.3 is 0 Å². The van der Waals surface area contributed by atoms with Gasteiger partial charge in [0.1, 0.15) is 11.9 Å². The Morgan fingerprint density at radius 3 is 2.48 bits per heavy atom. The highest BCUT2D eigenvalue weighted by atomic mass is 16.2. The van der Waals surface area contributed by atoms with Gasteiger partial charge < -0.3 is 9.47 Å². The zero-order valence-electron chi connectivity index (χ0n) is 16.1. The Morgan fingerprint density at radius 1 is 1.07 bits per heavy atom. The molecule has 1 fully saturated rings. The molecule has 140 valence electrons. The van der Waals surface area contributed by atoms with E-state index in [4.69, 9.17) is 4.98 Å². The van der Waals surface area contributed by atoms with E-state index in [2.05, 4.69) is 29.7 Å². The summed E-state index contributed by atoms with van der Waals surface area (Å²) in [5.41, 5.74) is 3.20. The van der Waals surface area contributed by atoms with Crippen LogP contribution in [-0.4, -0.2) is 33.4 Å². The second kappa shape index (κ2) is 7.55. The Bertz CT molecular complexity index is 923. The van der Waals surface area contributed by atoms with Gasteiger partial charge in [-0.3, -0.25) is 4.79 Å². The highest BCUT2D eigenvalue weighted by Crippen LogP contribution is 2.26. The number of benzene rings is 2. The van der Waals surface area contributed by atoms with Crippen LogP contribution in [0.2, 0.25) is 0 Å². The molecule has 2 heterocycles. The van der Waals surface area contributed by atoms with E-state index < -0.39 is 0 Å². The number of carbonyl (C=O) groups is 1. The number of aromatic nitrogens is 2. The Hall–Kier alpha value is -2.62. The SMILES string of the molecule is CC1CCN(C(=O)[C@H](C)n2c(Cc3ccccc3)nc3ccccc32)CC1. The maximum absolute atomic E-state index is 13.2. The van der Waals surface area contributed by atoms with Gasteiger partial charge in [0.25, 0.3) is 0 Å². The number of piperidine rings is 1. The van der Waals surface area contributed by atoms with Crippen molar-refractivity contribution in [3.8, 4) is 0 Å². The molecule has 4 heteroatoms. The van der Waals surface area contributed by atoms with Crippen molar-refractivity contribution in [1.82, 2.24) is 14.5 Å². The van der Waals surface area contributed by atoms with Crippen LogP contribution in [0.5, 0.6) is 0 Å². The van der Waals surface area contributed by atoms with Crippen LogP contribution in [0.1, 0.15) is 44.1 Å². The molecular formula is C23H27N3O. The van der Waals surface area contributed by atoms with Gasteiger partial charge in [-0.05, 0) is 43.4 Å². The van der Waals surface area contributed by atoms with Crippen LogP contribution in [0.25, 0.3) is 11.0 Å². The minimum absolute atomic E-state index is 0.208. The first-order chi connectivity index (χ1) is 13.1. The molecular weight excluding hydrogens is 334 g/mol. The van der Waals surface area contributed by atoms with Gasteiger partial charge in [-0.15, -0.1) is 0 Å². The van der Waals surface area contributed by atoms with Gasteiger partial charge in [-0.25, -0.2) is 4.98 Å². The average molecular weight is 361 g/mol. The number of imidazole rings is 1. The molecule has 4 rings (SSSR count). The van der Waals surface area contributed by atoms with Gasteiger partial charge in [-0.1, -0.05) is 49.4 Å². The number of likely N-dealkylation sites (tertiary alicyclic amines) is 1. The summed E-state index contributed by atoms with van der Waals surface area (Å²) in [5.74, 6) is 1.88. The molecule has 0 N–H and O–H groups in total. The zero-order valence-corrected chi connectivity index (χ0v) is 16.1. The normalized spacial score (nSPS) is 16.6. The number of nitrogens with zero attached hydrogens (tertiary/aromatic N) is 3. The highest BCUT2D eigenvalue weighted by Gasteiger charge is 2.28. The summed E-state index contributed by atoms with van der Waals surface area (Å²) in [6.45, 7) is 6.02. The molecule has 4 nitrogen and oxygen atoms in total. The third-order valence-electron chi connectivity index (χ3n) is 5.71. The Kier molecular flexibility index (Phi) is 4.97. The topological polar surface area (TPSA) is 38.1 Å². The van der Waals surface area contributed by atoms with Crippen molar-refractivity contribution in [2.45, 2.75) is 39.2 Å². The second-order valence-corrected chi connectivity index (χ2v) is 7.73. The van der Waals surface area contributed by atoms with Crippen LogP contribution in [-0.2, 0) is 11.2 Å². The fourth-order valence-corrected chi connectivity index (χ4v) is 4.03. The first-order valence-corrected chi connectivity index (χ1v) is 9.92. The van der Waals surface area contributed by atoms with Crippen LogP contribution in [0.4, 0.5) is 0 Å². The first kappa shape index (κ1) is 17.8. The number of rotatable bonds is 4. The summed E-state index contributed by atoms with van der Waals surface area (Å²) < 4.78 is 2.14. The Morgan fingerprint density at radius 2 is 1.74 bits per heavy atom. The van der Waals surface area contributed by atoms with Crippen molar-refractivity contribution in [3.05, 3.63) is 66.0 Å². The van der Waals surface area contributed by atoms with E-state index in [1.165, 1.54) is 5.56 Å². The lowest BCUT2D eigenvalue weighted by Crippen LogP contribution is -2.41.